The van der Waals surface area contributed by atoms with Gasteiger partial charge in [0.2, 0.25) is 0 Å². The summed E-state index contributed by atoms with van der Waals surface area (Å²) in [7, 11) is 5.16. The first-order valence-corrected chi connectivity index (χ1v) is 8.35. The number of aromatic nitrogens is 4. The number of benzene rings is 1. The van der Waals surface area contributed by atoms with Gasteiger partial charge in [-0.3, -0.25) is 4.79 Å². The fraction of sp³-hybridized carbons (Fsp3) is 0.211. The van der Waals surface area contributed by atoms with Crippen LogP contribution in [-0.2, 0) is 11.3 Å². The minimum absolute atomic E-state index is 0.181. The van der Waals surface area contributed by atoms with Crippen LogP contribution in [0.1, 0.15) is 5.69 Å². The van der Waals surface area contributed by atoms with Gasteiger partial charge in [0.25, 0.3) is 5.56 Å². The molecule has 8 heteroatoms. The van der Waals surface area contributed by atoms with Gasteiger partial charge in [0.1, 0.15) is 5.82 Å². The molecule has 0 N–H and O–H groups in total. The van der Waals surface area contributed by atoms with Gasteiger partial charge < -0.3 is 9.75 Å². The molecule has 0 bridgehead atoms. The molecular formula is C19H18FN5O2. The van der Waals surface area contributed by atoms with Gasteiger partial charge in [-0.05, 0) is 23.8 Å². The number of fused-ring (bicyclic) bond motifs is 3. The van der Waals surface area contributed by atoms with Gasteiger partial charge in [-0.1, -0.05) is 12.1 Å². The number of hydrogen-bond donors (Lipinski definition) is 0. The molecular weight excluding hydrogens is 349 g/mol. The van der Waals surface area contributed by atoms with Crippen molar-refractivity contribution in [2.24, 2.45) is 0 Å². The average Bonchev–Trinajstić information content (AvgIpc) is 3.01. The summed E-state index contributed by atoms with van der Waals surface area (Å²) in [6.07, 6.45) is 3.25. The molecule has 7 nitrogen and oxygen atoms in total. The van der Waals surface area contributed by atoms with Crippen molar-refractivity contribution in [3.63, 3.8) is 0 Å². The van der Waals surface area contributed by atoms with Crippen molar-refractivity contribution in [1.29, 1.82) is 0 Å². The zero-order valence-corrected chi connectivity index (χ0v) is 15.2. The van der Waals surface area contributed by atoms with E-state index in [0.29, 0.717) is 22.2 Å². The molecule has 138 valence electrons. The molecule has 1 aromatic carbocycles. The van der Waals surface area contributed by atoms with Gasteiger partial charge in [-0.15, -0.1) is 0 Å². The van der Waals surface area contributed by atoms with E-state index in [-0.39, 0.29) is 18.0 Å². The van der Waals surface area contributed by atoms with E-state index in [1.54, 1.807) is 55.3 Å². The van der Waals surface area contributed by atoms with Gasteiger partial charge in [0.05, 0.1) is 28.8 Å². The second-order valence-electron chi connectivity index (χ2n) is 6.37. The van der Waals surface area contributed by atoms with E-state index in [2.05, 4.69) is 10.1 Å². The fourth-order valence-electron chi connectivity index (χ4n) is 3.17. The zero-order chi connectivity index (χ0) is 19.1. The molecule has 0 aliphatic rings. The summed E-state index contributed by atoms with van der Waals surface area (Å²) < 4.78 is 21.8. The molecule has 0 saturated carbocycles. The van der Waals surface area contributed by atoms with Crippen LogP contribution < -0.4 is 10.6 Å². The average molecular weight is 367 g/mol. The molecule has 0 aliphatic heterocycles. The summed E-state index contributed by atoms with van der Waals surface area (Å²) in [4.78, 5) is 17.2. The van der Waals surface area contributed by atoms with Crippen LogP contribution in [0.4, 0.5) is 4.39 Å². The van der Waals surface area contributed by atoms with Crippen LogP contribution in [0.5, 0.6) is 0 Å². The summed E-state index contributed by atoms with van der Waals surface area (Å²) in [6, 6.07) is 7.98. The third-order valence-electron chi connectivity index (χ3n) is 4.41. The maximum Gasteiger partial charge on any atom is 0.279 e. The molecule has 0 radical (unpaired) electrons. The van der Waals surface area contributed by atoms with Crippen LogP contribution in [-0.4, -0.2) is 40.5 Å². The van der Waals surface area contributed by atoms with Crippen LogP contribution >= 0.6 is 0 Å². The van der Waals surface area contributed by atoms with Crippen molar-refractivity contribution in [2.45, 2.75) is 6.61 Å². The molecule has 0 atom stereocenters. The van der Waals surface area contributed by atoms with Crippen LogP contribution in [0.15, 0.2) is 47.5 Å². The van der Waals surface area contributed by atoms with Crippen LogP contribution in [0.25, 0.3) is 27.7 Å². The van der Waals surface area contributed by atoms with Crippen molar-refractivity contribution >= 4 is 16.6 Å². The van der Waals surface area contributed by atoms with Crippen molar-refractivity contribution in [1.82, 2.24) is 19.3 Å². The summed E-state index contributed by atoms with van der Waals surface area (Å²) >= 11 is 0. The Hall–Kier alpha value is -3.26. The number of methoxy groups -OCH3 is 1. The molecule has 0 unspecified atom stereocenters. The highest BCUT2D eigenvalue weighted by Gasteiger charge is 2.18. The minimum atomic E-state index is -0.314. The molecule has 4 rings (SSSR count). The SMILES string of the molecule is COCc1nn2c(ncc3c(=O)n(N(C)C)ccc32)c1-c1ccc(F)cc1. The standard InChI is InChI=1S/C19H18FN5O2/c1-23(2)24-9-8-16-14(19(24)26)10-21-18-17(12-4-6-13(20)7-5-12)15(11-27-3)22-25(16)18/h4-10H,11H2,1-3H3. The monoisotopic (exact) mass is 367 g/mol. The number of halogens is 1. The molecule has 3 aromatic heterocycles. The normalized spacial score (nSPS) is 11.4. The Kier molecular flexibility index (Phi) is 4.12. The lowest BCUT2D eigenvalue weighted by Crippen LogP contribution is -2.35. The lowest BCUT2D eigenvalue weighted by molar-refractivity contribution is 0.181. The van der Waals surface area contributed by atoms with Gasteiger partial charge in [-0.2, -0.15) is 5.10 Å². The highest BCUT2D eigenvalue weighted by Crippen LogP contribution is 2.29. The second kappa shape index (κ2) is 6.48. The largest absolute Gasteiger partial charge is 0.378 e. The zero-order valence-electron chi connectivity index (χ0n) is 15.2. The lowest BCUT2D eigenvalue weighted by atomic mass is 10.1. The van der Waals surface area contributed by atoms with Crippen LogP contribution in [0.2, 0.25) is 0 Å². The summed E-state index contributed by atoms with van der Waals surface area (Å²) in [5.41, 5.74) is 3.26. The Bertz CT molecular complexity index is 1190. The Balaban J connectivity index is 2.05. The van der Waals surface area contributed by atoms with Gasteiger partial charge in [0.15, 0.2) is 5.65 Å². The first kappa shape index (κ1) is 17.2. The maximum absolute atomic E-state index is 13.3. The number of hydrogen-bond acceptors (Lipinski definition) is 5. The smallest absolute Gasteiger partial charge is 0.279 e. The highest BCUT2D eigenvalue weighted by atomic mass is 19.1. The van der Waals surface area contributed by atoms with Crippen LogP contribution in [0.3, 0.4) is 0 Å². The minimum Gasteiger partial charge on any atom is -0.378 e. The van der Waals surface area contributed by atoms with E-state index >= 15 is 0 Å². The highest BCUT2D eigenvalue weighted by molar-refractivity contribution is 5.86. The Morgan fingerprint density at radius 2 is 1.93 bits per heavy atom. The van der Waals surface area contributed by atoms with E-state index < -0.39 is 0 Å². The van der Waals surface area contributed by atoms with Gasteiger partial charge >= 0.3 is 0 Å². The van der Waals surface area contributed by atoms with Crippen molar-refractivity contribution in [2.75, 3.05) is 26.2 Å². The molecule has 4 aromatic rings. The quantitative estimate of drug-likeness (QED) is 0.553. The molecule has 0 aliphatic carbocycles. The summed E-state index contributed by atoms with van der Waals surface area (Å²) in [5, 5.41) is 6.76. The number of nitrogens with zero attached hydrogens (tertiary/aromatic N) is 5. The number of rotatable bonds is 4. The predicted molar refractivity (Wildman–Crippen MR) is 101 cm³/mol. The van der Waals surface area contributed by atoms with Crippen molar-refractivity contribution in [3.05, 3.63) is 64.6 Å². The third-order valence-corrected chi connectivity index (χ3v) is 4.41. The molecule has 0 saturated heterocycles. The molecule has 0 fully saturated rings. The van der Waals surface area contributed by atoms with Crippen LogP contribution in [0, 0.1) is 5.82 Å². The molecule has 0 spiro atoms. The van der Waals surface area contributed by atoms with E-state index in [4.69, 9.17) is 4.74 Å². The number of ether oxygens (including phenoxy) is 1. The van der Waals surface area contributed by atoms with E-state index in [1.807, 2.05) is 6.07 Å². The molecule has 27 heavy (non-hydrogen) atoms. The summed E-state index contributed by atoms with van der Waals surface area (Å²) in [5.74, 6) is -0.314. The van der Waals surface area contributed by atoms with E-state index in [0.717, 1.165) is 11.1 Å². The summed E-state index contributed by atoms with van der Waals surface area (Å²) in [6.45, 7) is 0.270. The Morgan fingerprint density at radius 1 is 1.19 bits per heavy atom. The number of pyridine rings is 1. The predicted octanol–water partition coefficient (Wildman–Crippen LogP) is 2.19. The first-order valence-electron chi connectivity index (χ1n) is 8.35. The first-order chi connectivity index (χ1) is 13.0. The van der Waals surface area contributed by atoms with E-state index in [9.17, 15) is 9.18 Å². The molecule has 0 amide bonds. The van der Waals surface area contributed by atoms with Gasteiger partial charge in [0, 0.05) is 33.6 Å². The van der Waals surface area contributed by atoms with Crippen molar-refractivity contribution in [3.8, 4) is 11.1 Å². The third kappa shape index (κ3) is 2.74. The Labute approximate surface area is 154 Å². The molecule has 3 heterocycles. The van der Waals surface area contributed by atoms with Crippen molar-refractivity contribution < 1.29 is 9.13 Å². The Morgan fingerprint density at radius 3 is 2.59 bits per heavy atom. The maximum atomic E-state index is 13.3. The van der Waals surface area contributed by atoms with Gasteiger partial charge in [-0.25, -0.2) is 18.6 Å². The van der Waals surface area contributed by atoms with E-state index in [1.165, 1.54) is 16.8 Å². The lowest BCUT2D eigenvalue weighted by Gasteiger charge is -2.15. The second-order valence-corrected chi connectivity index (χ2v) is 6.37. The fourth-order valence-corrected chi connectivity index (χ4v) is 3.17. The topological polar surface area (TPSA) is 64.7 Å².